The molecule has 1 saturated carbocycles. The third kappa shape index (κ3) is 6.58. The lowest BCUT2D eigenvalue weighted by atomic mass is 9.67. The summed E-state index contributed by atoms with van der Waals surface area (Å²) >= 11 is 5.28. The molecule has 5 rings (SSSR count). The number of hydrogen-bond donors (Lipinski definition) is 0. The van der Waals surface area contributed by atoms with Gasteiger partial charge < -0.3 is 19.1 Å². The quantitative estimate of drug-likeness (QED) is 0.201. The van der Waals surface area contributed by atoms with Gasteiger partial charge in [-0.05, 0) is 113 Å². The molecule has 7 heteroatoms. The maximum Gasteiger partial charge on any atom is 0.306 e. The van der Waals surface area contributed by atoms with E-state index in [1.165, 1.54) is 24.8 Å². The Bertz CT molecular complexity index is 1040. The minimum Gasteiger partial charge on any atom is -0.462 e. The molecule has 0 bridgehead atoms. The van der Waals surface area contributed by atoms with Crippen LogP contribution >= 0.6 is 12.2 Å². The maximum atomic E-state index is 14.4. The Hall–Kier alpha value is -1.41. The van der Waals surface area contributed by atoms with E-state index < -0.39 is 0 Å². The lowest BCUT2D eigenvalue weighted by Gasteiger charge is -2.40. The van der Waals surface area contributed by atoms with Crippen LogP contribution in [-0.2, 0) is 23.8 Å². The minimum absolute atomic E-state index is 0.0719. The SMILES string of the molecule is CC[C@H]1CCC[C@H](O[C@H]2CC[C@H](N(C)C)C(C)O2)[C@@H](C)C(=O)C2=C[C@@H]3[C@@H](C=C(CC=S)C4CCC[C@H]43)[C@@H]2CC(=O)O1. The van der Waals surface area contributed by atoms with E-state index >= 15 is 0 Å². The van der Waals surface area contributed by atoms with Gasteiger partial charge in [-0.25, -0.2) is 0 Å². The van der Waals surface area contributed by atoms with Crippen LogP contribution in [0.4, 0.5) is 0 Å². The fourth-order valence-electron chi connectivity index (χ4n) is 8.75. The van der Waals surface area contributed by atoms with Crippen LogP contribution in [0.15, 0.2) is 23.3 Å². The Morgan fingerprint density at radius 1 is 1.00 bits per heavy atom. The third-order valence-electron chi connectivity index (χ3n) is 11.0. The Labute approximate surface area is 252 Å². The number of fused-ring (bicyclic) bond motifs is 5. The second kappa shape index (κ2) is 13.5. The molecule has 0 aromatic heterocycles. The van der Waals surface area contributed by atoms with Crippen LogP contribution in [-0.4, -0.2) is 66.8 Å². The molecule has 0 aromatic rings. The van der Waals surface area contributed by atoms with E-state index in [1.807, 2.05) is 12.3 Å². The summed E-state index contributed by atoms with van der Waals surface area (Å²) < 4.78 is 19.0. The van der Waals surface area contributed by atoms with E-state index in [2.05, 4.69) is 45.0 Å². The largest absolute Gasteiger partial charge is 0.462 e. The van der Waals surface area contributed by atoms with Crippen LogP contribution in [0.5, 0.6) is 0 Å². The zero-order valence-corrected chi connectivity index (χ0v) is 26.6. The molecule has 228 valence electrons. The number of allylic oxidation sites excluding steroid dienone is 4. The van der Waals surface area contributed by atoms with Crippen LogP contribution in [0.25, 0.3) is 0 Å². The zero-order valence-electron chi connectivity index (χ0n) is 25.8. The number of nitrogens with zero attached hydrogens (tertiary/aromatic N) is 1. The number of rotatable bonds is 6. The molecule has 0 N–H and O–H groups in total. The summed E-state index contributed by atoms with van der Waals surface area (Å²) in [6, 6.07) is 0.369. The van der Waals surface area contributed by atoms with Gasteiger partial charge in [0.2, 0.25) is 0 Å². The highest BCUT2D eigenvalue weighted by atomic mass is 32.1. The molecular formula is C34H51NO5S. The first-order chi connectivity index (χ1) is 19.7. The van der Waals surface area contributed by atoms with Crippen molar-refractivity contribution in [2.24, 2.45) is 35.5 Å². The number of esters is 1. The van der Waals surface area contributed by atoms with E-state index in [1.54, 1.807) is 0 Å². The highest BCUT2D eigenvalue weighted by molar-refractivity contribution is 7.79. The van der Waals surface area contributed by atoms with Gasteiger partial charge in [-0.2, -0.15) is 0 Å². The number of carbonyl (C=O) groups is 2. The van der Waals surface area contributed by atoms with E-state index in [4.69, 9.17) is 26.4 Å². The van der Waals surface area contributed by atoms with Crippen LogP contribution < -0.4 is 0 Å². The number of carbonyl (C=O) groups excluding carboxylic acids is 2. The second-order valence-corrected chi connectivity index (χ2v) is 13.9. The Kier molecular flexibility index (Phi) is 10.2. The smallest absolute Gasteiger partial charge is 0.306 e. The molecule has 11 atom stereocenters. The van der Waals surface area contributed by atoms with E-state index in [0.717, 1.165) is 50.5 Å². The average molecular weight is 586 g/mol. The first kappa shape index (κ1) is 31.0. The molecule has 3 aliphatic carbocycles. The van der Waals surface area contributed by atoms with Crippen molar-refractivity contribution in [1.29, 1.82) is 0 Å². The van der Waals surface area contributed by atoms with Gasteiger partial charge in [0, 0.05) is 17.9 Å². The fourth-order valence-corrected chi connectivity index (χ4v) is 8.94. The summed E-state index contributed by atoms with van der Waals surface area (Å²) in [5.74, 6) is 1.07. The van der Waals surface area contributed by atoms with Crippen LogP contribution in [0, 0.1) is 35.5 Å². The molecular weight excluding hydrogens is 534 g/mol. The van der Waals surface area contributed by atoms with Crippen molar-refractivity contribution in [3.05, 3.63) is 23.3 Å². The van der Waals surface area contributed by atoms with Crippen LogP contribution in [0.1, 0.15) is 91.4 Å². The minimum atomic E-state index is -0.301. The molecule has 0 amide bonds. The number of ether oxygens (including phenoxy) is 3. The summed E-state index contributed by atoms with van der Waals surface area (Å²) in [7, 11) is 4.20. The molecule has 2 aliphatic heterocycles. The first-order valence-electron chi connectivity index (χ1n) is 16.3. The summed E-state index contributed by atoms with van der Waals surface area (Å²) in [6.07, 6.45) is 13.8. The number of likely N-dealkylation sites (N-methyl/N-ethyl adjacent to an activating group) is 1. The second-order valence-electron chi connectivity index (χ2n) is 13.6. The van der Waals surface area contributed by atoms with Gasteiger partial charge in [-0.15, -0.1) is 0 Å². The molecule has 41 heavy (non-hydrogen) atoms. The molecule has 2 heterocycles. The first-order valence-corrected chi connectivity index (χ1v) is 16.8. The molecule has 6 nitrogen and oxygen atoms in total. The number of cyclic esters (lactones) is 1. The van der Waals surface area contributed by atoms with Gasteiger partial charge in [0.1, 0.15) is 6.10 Å². The Balaban J connectivity index is 1.42. The van der Waals surface area contributed by atoms with Crippen LogP contribution in [0.3, 0.4) is 0 Å². The van der Waals surface area contributed by atoms with Gasteiger partial charge in [0.25, 0.3) is 0 Å². The van der Waals surface area contributed by atoms with Gasteiger partial charge in [-0.3, -0.25) is 9.59 Å². The molecule has 0 radical (unpaired) electrons. The van der Waals surface area contributed by atoms with Gasteiger partial charge in [0.05, 0.1) is 18.6 Å². The van der Waals surface area contributed by atoms with Gasteiger partial charge >= 0.3 is 5.97 Å². The van der Waals surface area contributed by atoms with Crippen molar-refractivity contribution in [3.63, 3.8) is 0 Å². The summed E-state index contributed by atoms with van der Waals surface area (Å²) in [4.78, 5) is 29.9. The van der Waals surface area contributed by atoms with E-state index in [-0.39, 0.29) is 60.5 Å². The molecule has 0 spiro atoms. The topological polar surface area (TPSA) is 65.1 Å². The molecule has 2 unspecified atom stereocenters. The molecule has 0 aromatic carbocycles. The summed E-state index contributed by atoms with van der Waals surface area (Å²) in [6.45, 7) is 6.24. The normalized spacial score (nSPS) is 41.8. The Morgan fingerprint density at radius 3 is 2.49 bits per heavy atom. The number of Topliss-reactive ketones (excluding diaryl/α,β-unsaturated/α-hetero) is 1. The highest BCUT2D eigenvalue weighted by Crippen LogP contribution is 2.56. The fraction of sp³-hybridized carbons (Fsp3) is 0.794. The average Bonchev–Trinajstić information content (AvgIpc) is 3.56. The van der Waals surface area contributed by atoms with E-state index in [9.17, 15) is 9.59 Å². The van der Waals surface area contributed by atoms with E-state index in [0.29, 0.717) is 23.8 Å². The number of hydrogen-bond acceptors (Lipinski definition) is 7. The van der Waals surface area contributed by atoms with Gasteiger partial charge in [0.15, 0.2) is 12.1 Å². The maximum absolute atomic E-state index is 14.4. The highest BCUT2D eigenvalue weighted by Gasteiger charge is 2.50. The standard InChI is InChI=1S/C34H51NO5S/c1-6-23-9-7-12-31(40-33-14-13-30(35(4)5)21(3)38-33)20(2)34(37)29-18-27-25-11-8-10-24(25)22(15-16-41)17-26(27)28(29)19-32(36)39-23/h16-18,20-21,23-28,30-31,33H,6-15,19H2,1-5H3/t20-,21?,23+,24?,25-,26-,27+,28+,30+,31+,33+/m1/s1. The van der Waals surface area contributed by atoms with Crippen molar-refractivity contribution in [1.82, 2.24) is 4.90 Å². The van der Waals surface area contributed by atoms with Crippen molar-refractivity contribution in [3.8, 4) is 0 Å². The summed E-state index contributed by atoms with van der Waals surface area (Å²) in [5.41, 5.74) is 2.26. The van der Waals surface area contributed by atoms with Crippen molar-refractivity contribution in [2.75, 3.05) is 14.1 Å². The predicted molar refractivity (Wildman–Crippen MR) is 164 cm³/mol. The summed E-state index contributed by atoms with van der Waals surface area (Å²) in [5, 5.41) is 1.84. The van der Waals surface area contributed by atoms with Crippen molar-refractivity contribution < 1.29 is 23.8 Å². The third-order valence-corrected chi connectivity index (χ3v) is 11.1. The van der Waals surface area contributed by atoms with Crippen LogP contribution in [0.2, 0.25) is 0 Å². The lowest BCUT2D eigenvalue weighted by molar-refractivity contribution is -0.231. The van der Waals surface area contributed by atoms with Crippen molar-refractivity contribution in [2.45, 2.75) is 122 Å². The number of ketones is 1. The lowest BCUT2D eigenvalue weighted by Crippen LogP contribution is -2.47. The Morgan fingerprint density at radius 2 is 1.78 bits per heavy atom. The number of thiocarbonyl (C=S) groups is 1. The molecule has 3 fully saturated rings. The molecule has 2 saturated heterocycles. The zero-order chi connectivity index (χ0) is 29.3. The van der Waals surface area contributed by atoms with Crippen molar-refractivity contribution >= 4 is 29.3 Å². The molecule has 5 aliphatic rings. The van der Waals surface area contributed by atoms with Gasteiger partial charge in [-0.1, -0.05) is 50.2 Å². The monoisotopic (exact) mass is 585 g/mol. The predicted octanol–water partition coefficient (Wildman–Crippen LogP) is 6.46.